The molecule has 0 radical (unpaired) electrons. The fraction of sp³-hybridized carbons (Fsp3) is 0.353. The highest BCUT2D eigenvalue weighted by Crippen LogP contribution is 2.30. The molecule has 1 heterocycles. The smallest absolute Gasteiger partial charge is 0.138 e. The molecule has 1 unspecified atom stereocenters. The third-order valence-corrected chi connectivity index (χ3v) is 3.99. The lowest BCUT2D eigenvalue weighted by Gasteiger charge is -2.20. The number of pyridine rings is 1. The Morgan fingerprint density at radius 1 is 1.19 bits per heavy atom. The third-order valence-electron chi connectivity index (χ3n) is 3.18. The maximum Gasteiger partial charge on any atom is 0.138 e. The summed E-state index contributed by atoms with van der Waals surface area (Å²) in [6.45, 7) is 4.04. The number of benzene rings is 1. The van der Waals surface area contributed by atoms with E-state index in [-0.39, 0.29) is 12.1 Å². The van der Waals surface area contributed by atoms with Gasteiger partial charge in [-0.15, -0.1) is 11.8 Å². The monoisotopic (exact) mass is 302 g/mol. The fourth-order valence-electron chi connectivity index (χ4n) is 2.34. The first kappa shape index (κ1) is 15.9. The minimum atomic E-state index is 0.108. The largest absolute Gasteiger partial charge is 0.489 e. The van der Waals surface area contributed by atoms with Crippen molar-refractivity contribution in [3.63, 3.8) is 0 Å². The molecule has 0 aliphatic rings. The summed E-state index contributed by atoms with van der Waals surface area (Å²) in [5.74, 6) is 0.810. The molecule has 0 amide bonds. The van der Waals surface area contributed by atoms with E-state index >= 15 is 0 Å². The van der Waals surface area contributed by atoms with Crippen LogP contribution in [0.5, 0.6) is 5.75 Å². The predicted molar refractivity (Wildman–Crippen MR) is 89.1 cm³/mol. The van der Waals surface area contributed by atoms with Gasteiger partial charge in [-0.1, -0.05) is 18.2 Å². The zero-order chi connectivity index (χ0) is 15.2. The summed E-state index contributed by atoms with van der Waals surface area (Å²) in [5.41, 5.74) is 2.37. The zero-order valence-electron chi connectivity index (χ0n) is 13.0. The molecule has 0 saturated heterocycles. The van der Waals surface area contributed by atoms with Gasteiger partial charge in [-0.05, 0) is 50.4 Å². The quantitative estimate of drug-likeness (QED) is 0.821. The van der Waals surface area contributed by atoms with Gasteiger partial charge in [0.1, 0.15) is 5.75 Å². The van der Waals surface area contributed by atoms with E-state index in [1.165, 1.54) is 10.5 Å². The van der Waals surface area contributed by atoms with Crippen molar-refractivity contribution in [2.45, 2.75) is 30.9 Å². The Balaban J connectivity index is 2.37. The van der Waals surface area contributed by atoms with Gasteiger partial charge >= 0.3 is 0 Å². The van der Waals surface area contributed by atoms with Gasteiger partial charge in [0, 0.05) is 11.1 Å². The number of hydrogen-bond donors (Lipinski definition) is 1. The molecule has 21 heavy (non-hydrogen) atoms. The van der Waals surface area contributed by atoms with E-state index in [2.05, 4.69) is 46.9 Å². The summed E-state index contributed by atoms with van der Waals surface area (Å²) in [7, 11) is 1.97. The third kappa shape index (κ3) is 3.99. The van der Waals surface area contributed by atoms with Crippen LogP contribution in [0.4, 0.5) is 0 Å². The standard InChI is InChI=1S/C17H22N2OS/c1-12(2)20-14-9-13(10-19-11-14)17(18-3)15-7-5-6-8-16(15)21-4/h5-12,17-18H,1-4H3. The molecule has 2 rings (SSSR count). The van der Waals surface area contributed by atoms with E-state index in [9.17, 15) is 0 Å². The maximum absolute atomic E-state index is 5.75. The summed E-state index contributed by atoms with van der Waals surface area (Å²) in [5, 5.41) is 3.38. The second-order valence-corrected chi connectivity index (χ2v) is 5.93. The van der Waals surface area contributed by atoms with E-state index in [0.29, 0.717) is 0 Å². The first-order valence-corrected chi connectivity index (χ1v) is 8.30. The number of nitrogens with zero attached hydrogens (tertiary/aromatic N) is 1. The molecule has 0 aliphatic heterocycles. The molecule has 0 saturated carbocycles. The van der Waals surface area contributed by atoms with E-state index in [4.69, 9.17) is 4.74 Å². The Morgan fingerprint density at radius 2 is 1.95 bits per heavy atom. The second kappa shape index (κ2) is 7.48. The van der Waals surface area contributed by atoms with Gasteiger partial charge in [-0.2, -0.15) is 0 Å². The summed E-state index contributed by atoms with van der Waals surface area (Å²) in [6.07, 6.45) is 5.90. The van der Waals surface area contributed by atoms with Crippen LogP contribution >= 0.6 is 11.8 Å². The molecule has 0 fully saturated rings. The van der Waals surface area contributed by atoms with Crippen LogP contribution in [0.1, 0.15) is 31.0 Å². The lowest BCUT2D eigenvalue weighted by atomic mass is 10.0. The van der Waals surface area contributed by atoms with Crippen molar-refractivity contribution in [3.05, 3.63) is 53.9 Å². The van der Waals surface area contributed by atoms with Gasteiger partial charge in [0.2, 0.25) is 0 Å². The van der Waals surface area contributed by atoms with Crippen LogP contribution in [0, 0.1) is 0 Å². The molecular weight excluding hydrogens is 280 g/mol. The summed E-state index contributed by atoms with van der Waals surface area (Å²) in [4.78, 5) is 5.59. The Morgan fingerprint density at radius 3 is 2.62 bits per heavy atom. The fourth-order valence-corrected chi connectivity index (χ4v) is 2.97. The number of aromatic nitrogens is 1. The Hall–Kier alpha value is -1.52. The van der Waals surface area contributed by atoms with Crippen molar-refractivity contribution < 1.29 is 4.74 Å². The highest BCUT2D eigenvalue weighted by Gasteiger charge is 2.16. The molecule has 4 heteroatoms. The molecule has 0 spiro atoms. The minimum absolute atomic E-state index is 0.108. The first-order valence-electron chi connectivity index (χ1n) is 7.07. The average Bonchev–Trinajstić information content (AvgIpc) is 2.48. The number of hydrogen-bond acceptors (Lipinski definition) is 4. The number of rotatable bonds is 6. The molecule has 0 bridgehead atoms. The van der Waals surface area contributed by atoms with Crippen LogP contribution < -0.4 is 10.1 Å². The molecule has 0 aliphatic carbocycles. The van der Waals surface area contributed by atoms with Crippen molar-refractivity contribution in [2.75, 3.05) is 13.3 Å². The molecular formula is C17H22N2OS. The molecule has 3 nitrogen and oxygen atoms in total. The van der Waals surface area contributed by atoms with Crippen molar-refractivity contribution in [1.82, 2.24) is 10.3 Å². The molecule has 1 atom stereocenters. The minimum Gasteiger partial charge on any atom is -0.489 e. The number of ether oxygens (including phenoxy) is 1. The van der Waals surface area contributed by atoms with Crippen LogP contribution in [-0.2, 0) is 0 Å². The van der Waals surface area contributed by atoms with E-state index in [0.717, 1.165) is 11.3 Å². The van der Waals surface area contributed by atoms with Gasteiger partial charge in [0.15, 0.2) is 0 Å². The lowest BCUT2D eigenvalue weighted by molar-refractivity contribution is 0.241. The van der Waals surface area contributed by atoms with Gasteiger partial charge in [0.05, 0.1) is 18.3 Å². The first-order chi connectivity index (χ1) is 10.2. The van der Waals surface area contributed by atoms with Crippen molar-refractivity contribution in [1.29, 1.82) is 0 Å². The van der Waals surface area contributed by atoms with Crippen molar-refractivity contribution in [3.8, 4) is 5.75 Å². The molecule has 2 aromatic rings. The molecule has 112 valence electrons. The van der Waals surface area contributed by atoms with Crippen LogP contribution in [0.2, 0.25) is 0 Å². The second-order valence-electron chi connectivity index (χ2n) is 5.08. The van der Waals surface area contributed by atoms with E-state index in [1.807, 2.05) is 27.1 Å². The van der Waals surface area contributed by atoms with Crippen LogP contribution in [0.3, 0.4) is 0 Å². The van der Waals surface area contributed by atoms with Gasteiger partial charge in [-0.3, -0.25) is 4.98 Å². The Labute approximate surface area is 131 Å². The highest BCUT2D eigenvalue weighted by atomic mass is 32.2. The highest BCUT2D eigenvalue weighted by molar-refractivity contribution is 7.98. The van der Waals surface area contributed by atoms with Gasteiger partial charge in [-0.25, -0.2) is 0 Å². The summed E-state index contributed by atoms with van der Waals surface area (Å²) in [6, 6.07) is 10.6. The van der Waals surface area contributed by atoms with E-state index < -0.39 is 0 Å². The summed E-state index contributed by atoms with van der Waals surface area (Å²) < 4.78 is 5.75. The van der Waals surface area contributed by atoms with Gasteiger partial charge < -0.3 is 10.1 Å². The molecule has 1 N–H and O–H groups in total. The lowest BCUT2D eigenvalue weighted by Crippen LogP contribution is -2.19. The molecule has 1 aromatic carbocycles. The maximum atomic E-state index is 5.75. The zero-order valence-corrected chi connectivity index (χ0v) is 13.8. The molecule has 1 aromatic heterocycles. The Kier molecular flexibility index (Phi) is 5.65. The predicted octanol–water partition coefficient (Wildman–Crippen LogP) is 3.90. The topological polar surface area (TPSA) is 34.2 Å². The van der Waals surface area contributed by atoms with Crippen molar-refractivity contribution >= 4 is 11.8 Å². The van der Waals surface area contributed by atoms with Crippen LogP contribution in [0.15, 0.2) is 47.6 Å². The van der Waals surface area contributed by atoms with Gasteiger partial charge in [0.25, 0.3) is 0 Å². The Bertz CT molecular complexity index is 587. The van der Waals surface area contributed by atoms with Crippen LogP contribution in [-0.4, -0.2) is 24.4 Å². The number of thioether (sulfide) groups is 1. The average molecular weight is 302 g/mol. The number of nitrogens with one attached hydrogen (secondary N) is 1. The van der Waals surface area contributed by atoms with E-state index in [1.54, 1.807) is 18.0 Å². The normalized spacial score (nSPS) is 12.4. The van der Waals surface area contributed by atoms with Crippen LogP contribution in [0.25, 0.3) is 0 Å². The van der Waals surface area contributed by atoms with Crippen molar-refractivity contribution in [2.24, 2.45) is 0 Å². The summed E-state index contributed by atoms with van der Waals surface area (Å²) >= 11 is 1.76. The SMILES string of the molecule is CNC(c1cncc(OC(C)C)c1)c1ccccc1SC.